The van der Waals surface area contributed by atoms with Crippen molar-refractivity contribution in [2.24, 2.45) is 0 Å². The van der Waals surface area contributed by atoms with E-state index < -0.39 is 5.91 Å². The summed E-state index contributed by atoms with van der Waals surface area (Å²) in [6, 6.07) is 18.0. The molecule has 0 fully saturated rings. The van der Waals surface area contributed by atoms with Crippen LogP contribution in [0.25, 0.3) is 0 Å². The number of halogens is 2. The summed E-state index contributed by atoms with van der Waals surface area (Å²) in [5, 5.41) is 3.42. The molecule has 3 N–H and O–H groups in total. The Bertz CT molecular complexity index is 968. The van der Waals surface area contributed by atoms with Crippen molar-refractivity contribution < 1.29 is 9.59 Å². The Balaban J connectivity index is 1.95. The second kappa shape index (κ2) is 7.60. The average Bonchev–Trinajstić information content (AvgIpc) is 2.62. The monoisotopic (exact) mass is 384 g/mol. The zero-order chi connectivity index (χ0) is 18.7. The predicted octanol–water partition coefficient (Wildman–Crippen LogP) is 5.06. The molecule has 0 aliphatic carbocycles. The molecule has 0 aliphatic heterocycles. The van der Waals surface area contributed by atoms with Gasteiger partial charge in [-0.1, -0.05) is 53.5 Å². The molecule has 26 heavy (non-hydrogen) atoms. The second-order valence-electron chi connectivity index (χ2n) is 5.61. The lowest BCUT2D eigenvalue weighted by Crippen LogP contribution is -2.15. The number of carbonyl (C=O) groups excluding carboxylic acids is 2. The van der Waals surface area contributed by atoms with Crippen LogP contribution in [0.15, 0.2) is 66.7 Å². The molecule has 0 radical (unpaired) electrons. The van der Waals surface area contributed by atoms with E-state index in [2.05, 4.69) is 5.32 Å². The van der Waals surface area contributed by atoms with Crippen molar-refractivity contribution in [2.75, 3.05) is 11.1 Å². The Morgan fingerprint density at radius 1 is 0.808 bits per heavy atom. The first-order valence-electron chi connectivity index (χ1n) is 7.71. The van der Waals surface area contributed by atoms with Gasteiger partial charge in [0, 0.05) is 32.4 Å². The quantitative estimate of drug-likeness (QED) is 0.487. The van der Waals surface area contributed by atoms with Crippen LogP contribution in [-0.2, 0) is 0 Å². The summed E-state index contributed by atoms with van der Waals surface area (Å²) in [6.45, 7) is 0. The van der Waals surface area contributed by atoms with E-state index in [9.17, 15) is 9.59 Å². The van der Waals surface area contributed by atoms with Gasteiger partial charge in [0.2, 0.25) is 0 Å². The third kappa shape index (κ3) is 4.04. The van der Waals surface area contributed by atoms with Crippen LogP contribution in [0.3, 0.4) is 0 Å². The zero-order valence-corrected chi connectivity index (χ0v) is 15.0. The van der Waals surface area contributed by atoms with Crippen molar-refractivity contribution in [3.8, 4) is 0 Å². The molecule has 0 spiro atoms. The van der Waals surface area contributed by atoms with Crippen LogP contribution in [0.5, 0.6) is 0 Å². The number of hydrogen-bond acceptors (Lipinski definition) is 3. The molecule has 1 amide bonds. The Morgan fingerprint density at radius 2 is 1.46 bits per heavy atom. The van der Waals surface area contributed by atoms with E-state index in [0.29, 0.717) is 32.5 Å². The first kappa shape index (κ1) is 18.0. The second-order valence-corrected chi connectivity index (χ2v) is 6.49. The van der Waals surface area contributed by atoms with Gasteiger partial charge in [-0.25, -0.2) is 0 Å². The summed E-state index contributed by atoms with van der Waals surface area (Å²) in [5.74, 6) is -0.668. The standard InChI is InChI=1S/C20H14Cl2N2O2/c21-14-8-13(9-15(22)10-14)20(26)24-18-7-6-16(23)11-17(18)19(25)12-4-2-1-3-5-12/h1-11H,23H2,(H,24,26). The number of nitrogens with two attached hydrogens (primary N) is 1. The van der Waals surface area contributed by atoms with Gasteiger partial charge in [0.25, 0.3) is 5.91 Å². The SMILES string of the molecule is Nc1ccc(NC(=O)c2cc(Cl)cc(Cl)c2)c(C(=O)c2ccccc2)c1. The van der Waals surface area contributed by atoms with Gasteiger partial charge < -0.3 is 11.1 Å². The highest BCUT2D eigenvalue weighted by Gasteiger charge is 2.17. The number of nitrogen functional groups attached to an aromatic ring is 1. The summed E-state index contributed by atoms with van der Waals surface area (Å²) in [4.78, 5) is 25.3. The maximum absolute atomic E-state index is 12.8. The number of anilines is 2. The summed E-state index contributed by atoms with van der Waals surface area (Å²) >= 11 is 11.9. The molecule has 3 rings (SSSR count). The molecule has 0 aliphatic rings. The van der Waals surface area contributed by atoms with E-state index in [1.54, 1.807) is 36.4 Å². The number of carbonyl (C=O) groups is 2. The molecule has 3 aromatic carbocycles. The number of nitrogens with one attached hydrogen (secondary N) is 1. The molecule has 4 nitrogen and oxygen atoms in total. The zero-order valence-electron chi connectivity index (χ0n) is 13.5. The molecule has 130 valence electrons. The molecular formula is C20H14Cl2N2O2. The van der Waals surface area contributed by atoms with Gasteiger partial charge in [-0.05, 0) is 36.4 Å². The molecule has 0 atom stereocenters. The van der Waals surface area contributed by atoms with Crippen molar-refractivity contribution >= 4 is 46.3 Å². The maximum Gasteiger partial charge on any atom is 0.255 e. The van der Waals surface area contributed by atoms with E-state index in [4.69, 9.17) is 28.9 Å². The number of hydrogen-bond donors (Lipinski definition) is 2. The van der Waals surface area contributed by atoms with Crippen LogP contribution in [0.4, 0.5) is 11.4 Å². The van der Waals surface area contributed by atoms with Gasteiger partial charge in [-0.3, -0.25) is 9.59 Å². The summed E-state index contributed by atoms with van der Waals surface area (Å²) < 4.78 is 0. The van der Waals surface area contributed by atoms with E-state index in [-0.39, 0.29) is 11.3 Å². The number of benzene rings is 3. The molecule has 0 heterocycles. The van der Waals surface area contributed by atoms with Crippen molar-refractivity contribution in [3.63, 3.8) is 0 Å². The van der Waals surface area contributed by atoms with Gasteiger partial charge >= 0.3 is 0 Å². The maximum atomic E-state index is 12.8. The van der Waals surface area contributed by atoms with Gasteiger partial charge in [0.1, 0.15) is 0 Å². The normalized spacial score (nSPS) is 10.4. The molecule has 0 saturated heterocycles. The lowest BCUT2D eigenvalue weighted by molar-refractivity contribution is 0.102. The highest BCUT2D eigenvalue weighted by Crippen LogP contribution is 2.24. The topological polar surface area (TPSA) is 72.2 Å². The predicted molar refractivity (Wildman–Crippen MR) is 105 cm³/mol. The number of rotatable bonds is 4. The first-order chi connectivity index (χ1) is 12.4. The number of ketones is 1. The fraction of sp³-hybridized carbons (Fsp3) is 0. The summed E-state index contributed by atoms with van der Waals surface area (Å²) in [6.07, 6.45) is 0. The molecule has 0 unspecified atom stereocenters. The van der Waals surface area contributed by atoms with Crippen LogP contribution in [0.2, 0.25) is 10.0 Å². The minimum atomic E-state index is -0.429. The van der Waals surface area contributed by atoms with E-state index in [0.717, 1.165) is 0 Å². The Morgan fingerprint density at radius 3 is 2.12 bits per heavy atom. The molecule has 0 aromatic heterocycles. The summed E-state index contributed by atoms with van der Waals surface area (Å²) in [7, 11) is 0. The van der Waals surface area contributed by atoms with E-state index in [1.165, 1.54) is 24.3 Å². The third-order valence-corrected chi connectivity index (χ3v) is 4.13. The molecule has 6 heteroatoms. The molecule has 3 aromatic rings. The Hall–Kier alpha value is -2.82. The Labute approximate surface area is 160 Å². The van der Waals surface area contributed by atoms with Gasteiger partial charge in [0.15, 0.2) is 5.78 Å². The fourth-order valence-electron chi connectivity index (χ4n) is 2.48. The van der Waals surface area contributed by atoms with Crippen LogP contribution in [0, 0.1) is 0 Å². The highest BCUT2D eigenvalue weighted by atomic mass is 35.5. The first-order valence-corrected chi connectivity index (χ1v) is 8.46. The minimum absolute atomic E-state index is 0.239. The number of amides is 1. The van der Waals surface area contributed by atoms with Crippen molar-refractivity contribution in [1.82, 2.24) is 0 Å². The molecule has 0 bridgehead atoms. The largest absolute Gasteiger partial charge is 0.399 e. The highest BCUT2D eigenvalue weighted by molar-refractivity contribution is 6.35. The summed E-state index contributed by atoms with van der Waals surface area (Å²) in [5.41, 5.74) is 7.70. The van der Waals surface area contributed by atoms with Crippen molar-refractivity contribution in [3.05, 3.63) is 93.5 Å². The third-order valence-electron chi connectivity index (χ3n) is 3.70. The van der Waals surface area contributed by atoms with Crippen LogP contribution in [0.1, 0.15) is 26.3 Å². The van der Waals surface area contributed by atoms with Crippen molar-refractivity contribution in [2.45, 2.75) is 0 Å². The van der Waals surface area contributed by atoms with E-state index >= 15 is 0 Å². The minimum Gasteiger partial charge on any atom is -0.399 e. The lowest BCUT2D eigenvalue weighted by Gasteiger charge is -2.12. The fourth-order valence-corrected chi connectivity index (χ4v) is 3.01. The smallest absolute Gasteiger partial charge is 0.255 e. The van der Waals surface area contributed by atoms with Crippen LogP contribution >= 0.6 is 23.2 Å². The molecule has 0 saturated carbocycles. The molecular weight excluding hydrogens is 371 g/mol. The van der Waals surface area contributed by atoms with Crippen LogP contribution < -0.4 is 11.1 Å². The Kier molecular flexibility index (Phi) is 5.26. The lowest BCUT2D eigenvalue weighted by atomic mass is 10.0. The van der Waals surface area contributed by atoms with Gasteiger partial charge in [0.05, 0.1) is 5.69 Å². The van der Waals surface area contributed by atoms with E-state index in [1.807, 2.05) is 6.07 Å². The van der Waals surface area contributed by atoms with Crippen LogP contribution in [-0.4, -0.2) is 11.7 Å². The van der Waals surface area contributed by atoms with Gasteiger partial charge in [-0.15, -0.1) is 0 Å². The van der Waals surface area contributed by atoms with Gasteiger partial charge in [-0.2, -0.15) is 0 Å². The van der Waals surface area contributed by atoms with Crippen molar-refractivity contribution in [1.29, 1.82) is 0 Å². The average molecular weight is 385 g/mol.